The molecule has 200 valence electrons. The second kappa shape index (κ2) is 10.0. The Balaban J connectivity index is 1.25. The standard InChI is InChI=1S/C31H46O5/c1-19(9-12-28(35)36-18-20-7-5-4-6-8-20)23-10-11-24-29-25(17-27(34)31(23,24)3)30(2)14-13-22(32)15-21(30)16-26(29)33/h4-8,19,21-27,29,32-34H,9-18H2,1-3H3/t19-,21?,22-,23-,24?,25?,26-,27+,29-,30+,31-/m1/s1. The Morgan fingerprint density at radius 1 is 1.03 bits per heavy atom. The molecule has 3 N–H and O–H groups in total. The van der Waals surface area contributed by atoms with E-state index < -0.39 is 6.10 Å². The van der Waals surface area contributed by atoms with Crippen molar-refractivity contribution >= 4 is 5.97 Å². The molecule has 0 saturated heterocycles. The highest BCUT2D eigenvalue weighted by atomic mass is 16.5. The molecule has 5 heteroatoms. The predicted molar refractivity (Wildman–Crippen MR) is 139 cm³/mol. The maximum atomic E-state index is 12.5. The molecule has 5 nitrogen and oxygen atoms in total. The zero-order valence-electron chi connectivity index (χ0n) is 22.3. The van der Waals surface area contributed by atoms with Crippen LogP contribution in [0.5, 0.6) is 0 Å². The van der Waals surface area contributed by atoms with Crippen LogP contribution in [0, 0.1) is 46.3 Å². The molecule has 0 bridgehead atoms. The van der Waals surface area contributed by atoms with E-state index >= 15 is 0 Å². The van der Waals surface area contributed by atoms with Crippen molar-refractivity contribution in [3.63, 3.8) is 0 Å². The maximum absolute atomic E-state index is 12.5. The summed E-state index contributed by atoms with van der Waals surface area (Å²) in [6.07, 6.45) is 6.42. The van der Waals surface area contributed by atoms with E-state index in [4.69, 9.17) is 4.74 Å². The molecular formula is C31H46O5. The molecule has 11 atom stereocenters. The van der Waals surface area contributed by atoms with Crippen molar-refractivity contribution in [3.8, 4) is 0 Å². The van der Waals surface area contributed by atoms with E-state index in [-0.39, 0.29) is 34.9 Å². The van der Waals surface area contributed by atoms with E-state index in [2.05, 4.69) is 20.8 Å². The summed E-state index contributed by atoms with van der Waals surface area (Å²) in [4.78, 5) is 12.5. The first-order valence-electron chi connectivity index (χ1n) is 14.4. The molecule has 36 heavy (non-hydrogen) atoms. The molecule has 1 aromatic rings. The van der Waals surface area contributed by atoms with Gasteiger partial charge in [0.15, 0.2) is 0 Å². The van der Waals surface area contributed by atoms with Gasteiger partial charge in [-0.15, -0.1) is 0 Å². The third kappa shape index (κ3) is 4.43. The summed E-state index contributed by atoms with van der Waals surface area (Å²) in [5.41, 5.74) is 0.865. The minimum absolute atomic E-state index is 0.0949. The number of hydrogen-bond acceptors (Lipinski definition) is 5. The lowest BCUT2D eigenvalue weighted by atomic mass is 9.43. The fraction of sp³-hybridized carbons (Fsp3) is 0.774. The Bertz CT molecular complexity index is 919. The van der Waals surface area contributed by atoms with Crippen LogP contribution in [0.4, 0.5) is 0 Å². The van der Waals surface area contributed by atoms with Gasteiger partial charge in [0.25, 0.3) is 0 Å². The van der Waals surface area contributed by atoms with Gasteiger partial charge in [-0.3, -0.25) is 4.79 Å². The van der Waals surface area contributed by atoms with Crippen LogP contribution in [-0.4, -0.2) is 39.6 Å². The summed E-state index contributed by atoms with van der Waals surface area (Å²) in [6, 6.07) is 9.78. The fourth-order valence-corrected chi connectivity index (χ4v) is 9.49. The highest BCUT2D eigenvalue weighted by Crippen LogP contribution is 2.68. The normalized spacial score (nSPS) is 44.7. The summed E-state index contributed by atoms with van der Waals surface area (Å²) in [6.45, 7) is 7.19. The van der Waals surface area contributed by atoms with Crippen molar-refractivity contribution < 1.29 is 24.9 Å². The number of rotatable bonds is 6. The Hall–Kier alpha value is -1.43. The van der Waals surface area contributed by atoms with E-state index in [1.54, 1.807) is 0 Å². The summed E-state index contributed by atoms with van der Waals surface area (Å²) >= 11 is 0. The quantitative estimate of drug-likeness (QED) is 0.475. The number of fused-ring (bicyclic) bond motifs is 5. The Labute approximate surface area is 216 Å². The van der Waals surface area contributed by atoms with Crippen LogP contribution in [0.25, 0.3) is 0 Å². The topological polar surface area (TPSA) is 87.0 Å². The van der Waals surface area contributed by atoms with Crippen molar-refractivity contribution in [1.29, 1.82) is 0 Å². The maximum Gasteiger partial charge on any atom is 0.306 e. The van der Waals surface area contributed by atoms with Gasteiger partial charge in [0.1, 0.15) is 6.61 Å². The largest absolute Gasteiger partial charge is 0.461 e. The van der Waals surface area contributed by atoms with Crippen molar-refractivity contribution in [3.05, 3.63) is 35.9 Å². The van der Waals surface area contributed by atoms with Gasteiger partial charge >= 0.3 is 5.97 Å². The molecule has 5 rings (SSSR count). The molecule has 3 unspecified atom stereocenters. The zero-order valence-corrected chi connectivity index (χ0v) is 22.3. The zero-order chi connectivity index (χ0) is 25.7. The van der Waals surface area contributed by atoms with Gasteiger partial charge in [0.2, 0.25) is 0 Å². The Kier molecular flexibility index (Phi) is 7.30. The Morgan fingerprint density at radius 3 is 2.53 bits per heavy atom. The van der Waals surface area contributed by atoms with Gasteiger partial charge in [-0.1, -0.05) is 51.1 Å². The van der Waals surface area contributed by atoms with Crippen LogP contribution in [0.1, 0.15) is 84.1 Å². The van der Waals surface area contributed by atoms with Gasteiger partial charge in [0, 0.05) is 6.42 Å². The van der Waals surface area contributed by atoms with Crippen LogP contribution in [0.15, 0.2) is 30.3 Å². The SMILES string of the molecule is C[C@H](CCC(=O)OCc1ccccc1)[C@H]1CCC2[C@@H]3C(C[C@H](O)[C@@]21C)[C@@]1(C)CC[C@@H](O)CC1C[C@H]3O. The first-order chi connectivity index (χ1) is 17.1. The van der Waals surface area contributed by atoms with E-state index in [0.29, 0.717) is 42.6 Å². The number of carbonyl (C=O) groups is 1. The number of ether oxygens (including phenoxy) is 1. The Morgan fingerprint density at radius 2 is 1.78 bits per heavy atom. The molecule has 0 radical (unpaired) electrons. The van der Waals surface area contributed by atoms with Crippen LogP contribution in [-0.2, 0) is 16.1 Å². The lowest BCUT2D eigenvalue weighted by Crippen LogP contribution is -2.62. The third-order valence-corrected chi connectivity index (χ3v) is 11.6. The van der Waals surface area contributed by atoms with Crippen molar-refractivity contribution in [2.75, 3.05) is 0 Å². The predicted octanol–water partition coefficient (Wildman–Crippen LogP) is 5.11. The summed E-state index contributed by atoms with van der Waals surface area (Å²) < 4.78 is 5.51. The van der Waals surface area contributed by atoms with Crippen LogP contribution < -0.4 is 0 Å². The molecule has 0 heterocycles. The van der Waals surface area contributed by atoms with E-state index in [1.807, 2.05) is 30.3 Å². The van der Waals surface area contributed by atoms with Gasteiger partial charge in [-0.25, -0.2) is 0 Å². The van der Waals surface area contributed by atoms with E-state index in [9.17, 15) is 20.1 Å². The van der Waals surface area contributed by atoms with Crippen LogP contribution in [0.2, 0.25) is 0 Å². The molecule has 4 fully saturated rings. The number of carbonyl (C=O) groups excluding carboxylic acids is 1. The first-order valence-corrected chi connectivity index (χ1v) is 14.4. The second-order valence-electron chi connectivity index (χ2n) is 13.2. The average molecular weight is 499 g/mol. The van der Waals surface area contributed by atoms with E-state index in [0.717, 1.165) is 56.9 Å². The lowest BCUT2D eigenvalue weighted by molar-refractivity contribution is -0.207. The molecule has 4 aliphatic rings. The molecule has 0 spiro atoms. The average Bonchev–Trinajstić information content (AvgIpc) is 3.22. The highest BCUT2D eigenvalue weighted by molar-refractivity contribution is 5.69. The summed E-state index contributed by atoms with van der Waals surface area (Å²) in [5, 5.41) is 33.4. The molecule has 0 amide bonds. The number of esters is 1. The molecule has 4 saturated carbocycles. The highest BCUT2D eigenvalue weighted by Gasteiger charge is 2.65. The fourth-order valence-electron chi connectivity index (χ4n) is 9.49. The van der Waals surface area contributed by atoms with Gasteiger partial charge in [0.05, 0.1) is 18.3 Å². The monoisotopic (exact) mass is 498 g/mol. The van der Waals surface area contributed by atoms with Gasteiger partial charge in [-0.05, 0) is 103 Å². The smallest absolute Gasteiger partial charge is 0.306 e. The number of benzene rings is 1. The third-order valence-electron chi connectivity index (χ3n) is 11.6. The molecule has 0 aliphatic heterocycles. The minimum atomic E-state index is -0.390. The van der Waals surface area contributed by atoms with Crippen LogP contribution >= 0.6 is 0 Å². The molecule has 0 aromatic heterocycles. The number of aliphatic hydroxyl groups is 3. The van der Waals surface area contributed by atoms with Crippen LogP contribution in [0.3, 0.4) is 0 Å². The summed E-state index contributed by atoms with van der Waals surface area (Å²) in [5.74, 6) is 1.68. The number of hydrogen-bond donors (Lipinski definition) is 3. The minimum Gasteiger partial charge on any atom is -0.461 e. The molecule has 1 aromatic carbocycles. The molecular weight excluding hydrogens is 452 g/mol. The summed E-state index contributed by atoms with van der Waals surface area (Å²) in [7, 11) is 0. The van der Waals surface area contributed by atoms with E-state index in [1.165, 1.54) is 0 Å². The van der Waals surface area contributed by atoms with Crippen molar-refractivity contribution in [1.82, 2.24) is 0 Å². The first kappa shape index (κ1) is 26.2. The number of aliphatic hydroxyl groups excluding tert-OH is 3. The van der Waals surface area contributed by atoms with Gasteiger partial charge in [-0.2, -0.15) is 0 Å². The van der Waals surface area contributed by atoms with Crippen molar-refractivity contribution in [2.45, 2.75) is 103 Å². The molecule has 4 aliphatic carbocycles. The van der Waals surface area contributed by atoms with Gasteiger partial charge < -0.3 is 20.1 Å². The lowest BCUT2D eigenvalue weighted by Gasteiger charge is -2.63. The second-order valence-corrected chi connectivity index (χ2v) is 13.2. The van der Waals surface area contributed by atoms with Crippen molar-refractivity contribution in [2.24, 2.45) is 46.3 Å².